The molecule has 2 aromatic heterocycles. The van der Waals surface area contributed by atoms with Crippen molar-refractivity contribution in [3.8, 4) is 0 Å². The van der Waals surface area contributed by atoms with E-state index in [1.54, 1.807) is 11.3 Å². The molecule has 0 saturated heterocycles. The van der Waals surface area contributed by atoms with Crippen molar-refractivity contribution in [2.24, 2.45) is 7.05 Å². The number of hydrogen-bond acceptors (Lipinski definition) is 5. The molecule has 0 aliphatic heterocycles. The standard InChI is InChI=1S/C14H21N5S/c1-15-8-11-13(10-4-5-10)17-14(20-11)19(3)9-12-16-6-7-18(12)2/h6-7,10,15H,4-5,8-9H2,1-3H3. The number of anilines is 1. The van der Waals surface area contributed by atoms with Gasteiger partial charge in [-0.25, -0.2) is 9.97 Å². The fourth-order valence-electron chi connectivity index (χ4n) is 2.31. The third-order valence-electron chi connectivity index (χ3n) is 3.64. The summed E-state index contributed by atoms with van der Waals surface area (Å²) in [6, 6.07) is 0. The van der Waals surface area contributed by atoms with Gasteiger partial charge >= 0.3 is 0 Å². The van der Waals surface area contributed by atoms with Gasteiger partial charge in [-0.2, -0.15) is 0 Å². The molecule has 0 aromatic carbocycles. The quantitative estimate of drug-likeness (QED) is 0.885. The van der Waals surface area contributed by atoms with E-state index in [1.807, 2.05) is 26.5 Å². The molecule has 0 spiro atoms. The summed E-state index contributed by atoms with van der Waals surface area (Å²) in [5.74, 6) is 1.76. The van der Waals surface area contributed by atoms with Crippen LogP contribution in [0.15, 0.2) is 12.4 Å². The Balaban J connectivity index is 1.78. The Morgan fingerprint density at radius 1 is 1.50 bits per heavy atom. The maximum atomic E-state index is 4.87. The molecular formula is C14H21N5S. The van der Waals surface area contributed by atoms with E-state index in [0.717, 1.165) is 24.0 Å². The molecule has 1 saturated carbocycles. The van der Waals surface area contributed by atoms with Crippen LogP contribution in [0.3, 0.4) is 0 Å². The Labute approximate surface area is 123 Å². The van der Waals surface area contributed by atoms with Crippen LogP contribution in [0.4, 0.5) is 5.13 Å². The minimum absolute atomic E-state index is 0.699. The van der Waals surface area contributed by atoms with Crippen LogP contribution in [0.1, 0.15) is 35.2 Å². The monoisotopic (exact) mass is 291 g/mol. The second-order valence-electron chi connectivity index (χ2n) is 5.42. The predicted molar refractivity (Wildman–Crippen MR) is 82.2 cm³/mol. The SMILES string of the molecule is CNCc1sc(N(C)Cc2nccn2C)nc1C1CC1. The largest absolute Gasteiger partial charge is 0.344 e. The average molecular weight is 291 g/mol. The molecule has 0 radical (unpaired) electrons. The molecule has 5 nitrogen and oxygen atoms in total. The lowest BCUT2D eigenvalue weighted by molar-refractivity contribution is 0.758. The Morgan fingerprint density at radius 3 is 2.90 bits per heavy atom. The van der Waals surface area contributed by atoms with Gasteiger partial charge in [-0.15, -0.1) is 11.3 Å². The average Bonchev–Trinajstić information content (AvgIpc) is 3.07. The van der Waals surface area contributed by atoms with Gasteiger partial charge in [0.2, 0.25) is 0 Å². The maximum Gasteiger partial charge on any atom is 0.185 e. The Bertz CT molecular complexity index is 584. The van der Waals surface area contributed by atoms with Crippen LogP contribution in [0.25, 0.3) is 0 Å². The molecule has 1 aliphatic rings. The van der Waals surface area contributed by atoms with E-state index in [-0.39, 0.29) is 0 Å². The fourth-order valence-corrected chi connectivity index (χ4v) is 3.42. The van der Waals surface area contributed by atoms with E-state index in [0.29, 0.717) is 5.92 Å². The fraction of sp³-hybridized carbons (Fsp3) is 0.571. The van der Waals surface area contributed by atoms with Crippen LogP contribution in [0, 0.1) is 0 Å². The summed E-state index contributed by atoms with van der Waals surface area (Å²) >= 11 is 1.80. The maximum absolute atomic E-state index is 4.87. The molecule has 1 N–H and O–H groups in total. The number of hydrogen-bond donors (Lipinski definition) is 1. The van der Waals surface area contributed by atoms with E-state index in [4.69, 9.17) is 4.98 Å². The first-order chi connectivity index (χ1) is 9.69. The lowest BCUT2D eigenvalue weighted by Crippen LogP contribution is -2.18. The van der Waals surface area contributed by atoms with Crippen LogP contribution in [-0.4, -0.2) is 28.6 Å². The minimum Gasteiger partial charge on any atom is -0.344 e. The van der Waals surface area contributed by atoms with Crippen molar-refractivity contribution in [3.05, 3.63) is 28.8 Å². The zero-order valence-electron chi connectivity index (χ0n) is 12.3. The van der Waals surface area contributed by atoms with Gasteiger partial charge in [0, 0.05) is 43.8 Å². The zero-order valence-corrected chi connectivity index (χ0v) is 13.1. The zero-order chi connectivity index (χ0) is 14.1. The van der Waals surface area contributed by atoms with Gasteiger partial charge in [0.15, 0.2) is 5.13 Å². The number of nitrogens with zero attached hydrogens (tertiary/aromatic N) is 4. The third-order valence-corrected chi connectivity index (χ3v) is 4.83. The smallest absolute Gasteiger partial charge is 0.185 e. The molecule has 0 unspecified atom stereocenters. The van der Waals surface area contributed by atoms with Crippen molar-refractivity contribution in [1.29, 1.82) is 0 Å². The van der Waals surface area contributed by atoms with Gasteiger partial charge in [-0.3, -0.25) is 0 Å². The summed E-state index contributed by atoms with van der Waals surface area (Å²) in [6.07, 6.45) is 6.41. The Hall–Kier alpha value is -1.40. The highest BCUT2D eigenvalue weighted by Crippen LogP contribution is 2.44. The van der Waals surface area contributed by atoms with E-state index >= 15 is 0 Å². The molecule has 2 heterocycles. The number of aromatic nitrogens is 3. The van der Waals surface area contributed by atoms with Gasteiger partial charge in [0.1, 0.15) is 5.82 Å². The number of nitrogens with one attached hydrogen (secondary N) is 1. The highest BCUT2D eigenvalue weighted by atomic mass is 32.1. The van der Waals surface area contributed by atoms with E-state index in [1.165, 1.54) is 23.4 Å². The minimum atomic E-state index is 0.699. The molecule has 6 heteroatoms. The first kappa shape index (κ1) is 13.6. The lowest BCUT2D eigenvalue weighted by Gasteiger charge is -2.15. The summed E-state index contributed by atoms with van der Waals surface area (Å²) in [4.78, 5) is 12.8. The van der Waals surface area contributed by atoms with Crippen LogP contribution >= 0.6 is 11.3 Å². The second kappa shape index (κ2) is 5.54. The summed E-state index contributed by atoms with van der Waals surface area (Å²) in [7, 11) is 6.11. The summed E-state index contributed by atoms with van der Waals surface area (Å²) in [5.41, 5.74) is 1.31. The van der Waals surface area contributed by atoms with Gasteiger partial charge < -0.3 is 14.8 Å². The molecule has 20 heavy (non-hydrogen) atoms. The lowest BCUT2D eigenvalue weighted by atomic mass is 10.2. The highest BCUT2D eigenvalue weighted by Gasteiger charge is 2.30. The van der Waals surface area contributed by atoms with Crippen molar-refractivity contribution in [1.82, 2.24) is 19.9 Å². The molecular weight excluding hydrogens is 270 g/mol. The van der Waals surface area contributed by atoms with Gasteiger partial charge in [0.25, 0.3) is 0 Å². The van der Waals surface area contributed by atoms with Crippen LogP contribution in [0.5, 0.6) is 0 Å². The molecule has 1 aliphatic carbocycles. The number of imidazole rings is 1. The van der Waals surface area contributed by atoms with E-state index < -0.39 is 0 Å². The van der Waals surface area contributed by atoms with Crippen molar-refractivity contribution in [3.63, 3.8) is 0 Å². The first-order valence-electron chi connectivity index (χ1n) is 7.00. The molecule has 2 aromatic rings. The third kappa shape index (κ3) is 2.71. The van der Waals surface area contributed by atoms with Gasteiger partial charge in [-0.1, -0.05) is 0 Å². The molecule has 0 bridgehead atoms. The molecule has 108 valence electrons. The predicted octanol–water partition coefficient (Wildman–Crippen LogP) is 2.11. The van der Waals surface area contributed by atoms with Crippen molar-refractivity contribution in [2.75, 3.05) is 19.0 Å². The van der Waals surface area contributed by atoms with Crippen LogP contribution in [0.2, 0.25) is 0 Å². The molecule has 0 atom stereocenters. The number of rotatable bonds is 6. The second-order valence-corrected chi connectivity index (χ2v) is 6.48. The number of thiazole rings is 1. The first-order valence-corrected chi connectivity index (χ1v) is 7.82. The van der Waals surface area contributed by atoms with Crippen molar-refractivity contribution < 1.29 is 0 Å². The van der Waals surface area contributed by atoms with Gasteiger partial charge in [0.05, 0.1) is 12.2 Å². The Morgan fingerprint density at radius 2 is 2.30 bits per heavy atom. The molecule has 1 fully saturated rings. The van der Waals surface area contributed by atoms with E-state index in [2.05, 4.69) is 26.8 Å². The number of aryl methyl sites for hydroxylation is 1. The van der Waals surface area contributed by atoms with Crippen molar-refractivity contribution in [2.45, 2.75) is 31.8 Å². The summed E-state index contributed by atoms with van der Waals surface area (Å²) in [6.45, 7) is 1.71. The van der Waals surface area contributed by atoms with E-state index in [9.17, 15) is 0 Å². The highest BCUT2D eigenvalue weighted by molar-refractivity contribution is 7.15. The van der Waals surface area contributed by atoms with Crippen LogP contribution < -0.4 is 10.2 Å². The van der Waals surface area contributed by atoms with Crippen LogP contribution in [-0.2, 0) is 20.1 Å². The van der Waals surface area contributed by atoms with Gasteiger partial charge in [-0.05, 0) is 19.9 Å². The molecule has 0 amide bonds. The topological polar surface area (TPSA) is 46.0 Å². The summed E-state index contributed by atoms with van der Waals surface area (Å²) < 4.78 is 2.06. The normalized spacial score (nSPS) is 14.8. The van der Waals surface area contributed by atoms with Crippen molar-refractivity contribution >= 4 is 16.5 Å². The Kier molecular flexibility index (Phi) is 3.76. The summed E-state index contributed by atoms with van der Waals surface area (Å²) in [5, 5.41) is 4.35. The molecule has 3 rings (SSSR count).